The topological polar surface area (TPSA) is 95.7 Å². The maximum absolute atomic E-state index is 12.0. The van der Waals surface area contributed by atoms with Crippen molar-refractivity contribution in [3.63, 3.8) is 0 Å². The van der Waals surface area contributed by atoms with Gasteiger partial charge in [0.1, 0.15) is 11.3 Å². The Morgan fingerprint density at radius 2 is 1.87 bits per heavy atom. The summed E-state index contributed by atoms with van der Waals surface area (Å²) in [7, 11) is 1.47. The number of hydrogen-bond donors (Lipinski definition) is 0. The molecule has 7 heteroatoms. The Hall–Kier alpha value is -3.22. The van der Waals surface area contributed by atoms with E-state index in [-0.39, 0.29) is 11.3 Å². The second-order valence-corrected chi connectivity index (χ2v) is 4.51. The Kier molecular flexibility index (Phi) is 5.03. The maximum atomic E-state index is 12.0. The largest absolute Gasteiger partial charge is 0.497 e. The minimum Gasteiger partial charge on any atom is -0.497 e. The molecule has 0 heterocycles. The molecule has 23 heavy (non-hydrogen) atoms. The highest BCUT2D eigenvalue weighted by Gasteiger charge is 2.21. The highest BCUT2D eigenvalue weighted by Crippen LogP contribution is 2.19. The van der Waals surface area contributed by atoms with Crippen molar-refractivity contribution in [1.29, 1.82) is 0 Å². The molecule has 0 N–H and O–H groups in total. The summed E-state index contributed by atoms with van der Waals surface area (Å²) in [5, 5.41) is 10.9. The fourth-order valence-electron chi connectivity index (χ4n) is 1.89. The molecule has 0 unspecified atom stereocenters. The summed E-state index contributed by atoms with van der Waals surface area (Å²) in [5.41, 5.74) is -0.248. The van der Waals surface area contributed by atoms with E-state index in [1.807, 2.05) is 0 Å². The van der Waals surface area contributed by atoms with E-state index in [9.17, 15) is 19.7 Å². The highest BCUT2D eigenvalue weighted by atomic mass is 16.6. The summed E-state index contributed by atoms with van der Waals surface area (Å²) >= 11 is 0. The summed E-state index contributed by atoms with van der Waals surface area (Å²) in [6, 6.07) is 11.8. The van der Waals surface area contributed by atoms with Crippen molar-refractivity contribution in [3.8, 4) is 5.75 Å². The fourth-order valence-corrected chi connectivity index (χ4v) is 1.89. The number of ether oxygens (including phenoxy) is 2. The number of para-hydroxylation sites is 1. The molecule has 0 aliphatic rings. The Bertz CT molecular complexity index is 756. The van der Waals surface area contributed by atoms with Crippen LogP contribution in [0.4, 0.5) is 5.69 Å². The number of esters is 1. The predicted molar refractivity (Wildman–Crippen MR) is 80.7 cm³/mol. The van der Waals surface area contributed by atoms with Crippen LogP contribution in [0.2, 0.25) is 0 Å². The van der Waals surface area contributed by atoms with Crippen molar-refractivity contribution >= 4 is 17.4 Å². The molecule has 2 rings (SSSR count). The summed E-state index contributed by atoms with van der Waals surface area (Å²) in [6.45, 7) is -0.516. The molecule has 118 valence electrons. The van der Waals surface area contributed by atoms with Crippen LogP contribution in [0.3, 0.4) is 0 Å². The van der Waals surface area contributed by atoms with E-state index in [1.165, 1.54) is 37.4 Å². The number of benzene rings is 2. The zero-order chi connectivity index (χ0) is 16.8. The van der Waals surface area contributed by atoms with Crippen molar-refractivity contribution in [2.45, 2.75) is 0 Å². The molecule has 0 saturated heterocycles. The lowest BCUT2D eigenvalue weighted by molar-refractivity contribution is -0.385. The van der Waals surface area contributed by atoms with Crippen LogP contribution >= 0.6 is 0 Å². The highest BCUT2D eigenvalue weighted by molar-refractivity contribution is 6.00. The average molecular weight is 315 g/mol. The number of carbonyl (C=O) groups is 2. The quantitative estimate of drug-likeness (QED) is 0.352. The number of nitrogens with zero attached hydrogens (tertiary/aromatic N) is 1. The Balaban J connectivity index is 2.07. The van der Waals surface area contributed by atoms with E-state index in [0.717, 1.165) is 0 Å². The van der Waals surface area contributed by atoms with E-state index >= 15 is 0 Å². The molecule has 0 bridgehead atoms. The third-order valence-electron chi connectivity index (χ3n) is 3.05. The third kappa shape index (κ3) is 3.91. The van der Waals surface area contributed by atoms with Gasteiger partial charge in [0.15, 0.2) is 12.4 Å². The first-order valence-corrected chi connectivity index (χ1v) is 6.60. The van der Waals surface area contributed by atoms with Gasteiger partial charge in [-0.15, -0.1) is 0 Å². The zero-order valence-corrected chi connectivity index (χ0v) is 12.2. The first-order chi connectivity index (χ1) is 11.0. The summed E-state index contributed by atoms with van der Waals surface area (Å²) in [6.07, 6.45) is 0. The van der Waals surface area contributed by atoms with Crippen LogP contribution in [0.5, 0.6) is 5.75 Å². The van der Waals surface area contributed by atoms with Gasteiger partial charge in [-0.2, -0.15) is 0 Å². The van der Waals surface area contributed by atoms with Gasteiger partial charge in [0.05, 0.1) is 12.0 Å². The van der Waals surface area contributed by atoms with Crippen LogP contribution in [0.25, 0.3) is 0 Å². The SMILES string of the molecule is COc1cccc(C(=O)COC(=O)c2ccccc2[N+](=O)[O-])c1. The number of Topliss-reactive ketones (excluding diaryl/α,β-unsaturated/α-hetero) is 1. The molecule has 0 spiro atoms. The standard InChI is InChI=1S/C16H13NO6/c1-22-12-6-4-5-11(9-12)15(18)10-23-16(19)13-7-2-3-8-14(13)17(20)21/h2-9H,10H2,1H3. The number of carbonyl (C=O) groups excluding carboxylic acids is 2. The number of hydrogen-bond acceptors (Lipinski definition) is 6. The molecule has 0 amide bonds. The van der Waals surface area contributed by atoms with Crippen molar-refractivity contribution in [3.05, 3.63) is 69.8 Å². The van der Waals surface area contributed by atoms with E-state index in [4.69, 9.17) is 9.47 Å². The third-order valence-corrected chi connectivity index (χ3v) is 3.05. The number of rotatable bonds is 6. The van der Waals surface area contributed by atoms with E-state index in [0.29, 0.717) is 11.3 Å². The summed E-state index contributed by atoms with van der Waals surface area (Å²) in [4.78, 5) is 34.1. The molecule has 2 aromatic rings. The number of nitro groups is 1. The lowest BCUT2D eigenvalue weighted by Crippen LogP contribution is -2.15. The summed E-state index contributed by atoms with van der Waals surface area (Å²) < 4.78 is 9.88. The van der Waals surface area contributed by atoms with Gasteiger partial charge in [-0.3, -0.25) is 14.9 Å². The first-order valence-electron chi connectivity index (χ1n) is 6.60. The van der Waals surface area contributed by atoms with Gasteiger partial charge in [0.25, 0.3) is 5.69 Å². The van der Waals surface area contributed by atoms with Gasteiger partial charge >= 0.3 is 5.97 Å². The molecule has 0 aliphatic carbocycles. The average Bonchev–Trinajstić information content (AvgIpc) is 2.59. The normalized spacial score (nSPS) is 9.96. The van der Waals surface area contributed by atoms with Crippen LogP contribution < -0.4 is 4.74 Å². The van der Waals surface area contributed by atoms with Gasteiger partial charge in [-0.1, -0.05) is 24.3 Å². The van der Waals surface area contributed by atoms with Crippen LogP contribution in [-0.4, -0.2) is 30.4 Å². The van der Waals surface area contributed by atoms with Crippen molar-refractivity contribution in [2.75, 3.05) is 13.7 Å². The van der Waals surface area contributed by atoms with Crippen LogP contribution in [0, 0.1) is 10.1 Å². The van der Waals surface area contributed by atoms with Crippen molar-refractivity contribution < 1.29 is 24.0 Å². The second-order valence-electron chi connectivity index (χ2n) is 4.51. The Labute approximate surface area is 131 Å². The lowest BCUT2D eigenvalue weighted by Gasteiger charge is -2.06. The van der Waals surface area contributed by atoms with Crippen molar-refractivity contribution in [2.24, 2.45) is 0 Å². The number of methoxy groups -OCH3 is 1. The Morgan fingerprint density at radius 3 is 2.57 bits per heavy atom. The molecular formula is C16H13NO6. The van der Waals surface area contributed by atoms with Crippen molar-refractivity contribution in [1.82, 2.24) is 0 Å². The number of ketones is 1. The zero-order valence-electron chi connectivity index (χ0n) is 12.2. The van der Waals surface area contributed by atoms with E-state index in [1.54, 1.807) is 18.2 Å². The van der Waals surface area contributed by atoms with Crippen LogP contribution in [0.1, 0.15) is 20.7 Å². The Morgan fingerprint density at radius 1 is 1.13 bits per heavy atom. The minimum atomic E-state index is -0.923. The second kappa shape index (κ2) is 7.17. The maximum Gasteiger partial charge on any atom is 0.345 e. The van der Waals surface area contributed by atoms with Gasteiger partial charge in [0, 0.05) is 11.6 Å². The van der Waals surface area contributed by atoms with Gasteiger partial charge in [-0.25, -0.2) is 4.79 Å². The van der Waals surface area contributed by atoms with Crippen LogP contribution in [-0.2, 0) is 4.74 Å². The van der Waals surface area contributed by atoms with E-state index < -0.39 is 23.3 Å². The first kappa shape index (κ1) is 16.2. The lowest BCUT2D eigenvalue weighted by atomic mass is 10.1. The van der Waals surface area contributed by atoms with Gasteiger partial charge in [-0.05, 0) is 18.2 Å². The molecule has 0 saturated carbocycles. The molecule has 0 radical (unpaired) electrons. The summed E-state index contributed by atoms with van der Waals surface area (Å²) in [5.74, 6) is -0.856. The molecule has 2 aromatic carbocycles. The van der Waals surface area contributed by atoms with Crippen LogP contribution in [0.15, 0.2) is 48.5 Å². The molecule has 0 aromatic heterocycles. The molecule has 0 atom stereocenters. The van der Waals surface area contributed by atoms with Gasteiger partial charge < -0.3 is 9.47 Å². The molecule has 0 aliphatic heterocycles. The fraction of sp³-hybridized carbons (Fsp3) is 0.125. The van der Waals surface area contributed by atoms with E-state index in [2.05, 4.69) is 0 Å². The predicted octanol–water partition coefficient (Wildman–Crippen LogP) is 2.64. The molecule has 0 fully saturated rings. The monoisotopic (exact) mass is 315 g/mol. The smallest absolute Gasteiger partial charge is 0.345 e. The van der Waals surface area contributed by atoms with Gasteiger partial charge in [0.2, 0.25) is 0 Å². The minimum absolute atomic E-state index is 0.198. The number of nitro benzene ring substituents is 1. The molecule has 7 nitrogen and oxygen atoms in total. The molecular weight excluding hydrogens is 302 g/mol.